The third kappa shape index (κ3) is 6.38. The summed E-state index contributed by atoms with van der Waals surface area (Å²) in [5.74, 6) is -0.206. The van der Waals surface area contributed by atoms with Crippen molar-refractivity contribution in [2.45, 2.75) is 12.5 Å². The number of carbonyl (C=O) groups excluding carboxylic acids is 1. The zero-order chi connectivity index (χ0) is 17.5. The molecule has 0 fully saturated rings. The molecule has 0 saturated heterocycles. The monoisotopic (exact) mass is 403 g/mol. The minimum absolute atomic E-state index is 0. The van der Waals surface area contributed by atoms with Crippen molar-refractivity contribution in [3.05, 3.63) is 58.1 Å². The van der Waals surface area contributed by atoms with E-state index in [2.05, 4.69) is 10.6 Å². The lowest BCUT2D eigenvalue weighted by atomic mass is 10.1. The molecule has 25 heavy (non-hydrogen) atoms. The van der Waals surface area contributed by atoms with Crippen molar-refractivity contribution >= 4 is 52.9 Å². The molecule has 1 amide bonds. The highest BCUT2D eigenvalue weighted by molar-refractivity contribution is 6.39. The number of anilines is 2. The van der Waals surface area contributed by atoms with Crippen LogP contribution in [0.2, 0.25) is 10.0 Å². The van der Waals surface area contributed by atoms with Gasteiger partial charge in [0.15, 0.2) is 0 Å². The molecule has 0 aromatic heterocycles. The molecule has 0 spiro atoms. The second-order valence-corrected chi connectivity index (χ2v) is 6.06. The molecule has 5 nitrogen and oxygen atoms in total. The van der Waals surface area contributed by atoms with E-state index in [1.807, 2.05) is 24.3 Å². The minimum Gasteiger partial charge on any atom is -0.390 e. The Bertz CT molecular complexity index is 693. The van der Waals surface area contributed by atoms with Crippen LogP contribution in [-0.4, -0.2) is 30.2 Å². The van der Waals surface area contributed by atoms with E-state index in [1.54, 1.807) is 18.2 Å². The van der Waals surface area contributed by atoms with E-state index in [0.29, 0.717) is 15.7 Å². The molecule has 0 aliphatic carbocycles. The van der Waals surface area contributed by atoms with E-state index in [-0.39, 0.29) is 37.8 Å². The average Bonchev–Trinajstić information content (AvgIpc) is 2.57. The van der Waals surface area contributed by atoms with Crippen molar-refractivity contribution < 1.29 is 9.90 Å². The lowest BCUT2D eigenvalue weighted by Gasteiger charge is -2.15. The van der Waals surface area contributed by atoms with Crippen molar-refractivity contribution in [3.63, 3.8) is 0 Å². The second kappa shape index (κ2) is 10.5. The molecule has 0 saturated carbocycles. The van der Waals surface area contributed by atoms with Crippen LogP contribution in [0, 0.1) is 0 Å². The van der Waals surface area contributed by atoms with E-state index in [0.717, 1.165) is 11.3 Å². The van der Waals surface area contributed by atoms with Gasteiger partial charge in [-0.3, -0.25) is 4.79 Å². The zero-order valence-electron chi connectivity index (χ0n) is 13.3. The van der Waals surface area contributed by atoms with Gasteiger partial charge in [0.2, 0.25) is 5.91 Å². The topological polar surface area (TPSA) is 87.4 Å². The normalized spacial score (nSPS) is 11.4. The first-order chi connectivity index (χ1) is 11.5. The molecule has 1 unspecified atom stereocenters. The van der Waals surface area contributed by atoms with Crippen molar-refractivity contribution in [3.8, 4) is 0 Å². The van der Waals surface area contributed by atoms with Crippen LogP contribution in [0.15, 0.2) is 42.5 Å². The number of rotatable bonds is 7. The Hall–Kier alpha value is -1.50. The smallest absolute Gasteiger partial charge is 0.224 e. The van der Waals surface area contributed by atoms with Crippen LogP contribution in [-0.2, 0) is 11.2 Å². The number of benzene rings is 2. The number of nitrogens with one attached hydrogen (secondary N) is 2. The second-order valence-electron chi connectivity index (χ2n) is 5.25. The Morgan fingerprint density at radius 2 is 1.76 bits per heavy atom. The molecule has 0 heterocycles. The number of hydrogen-bond acceptors (Lipinski definition) is 4. The van der Waals surface area contributed by atoms with Gasteiger partial charge in [0.1, 0.15) is 0 Å². The summed E-state index contributed by atoms with van der Waals surface area (Å²) >= 11 is 12.3. The summed E-state index contributed by atoms with van der Waals surface area (Å²) < 4.78 is 0. The largest absolute Gasteiger partial charge is 0.390 e. The molecular formula is C17H20Cl3N3O2. The van der Waals surface area contributed by atoms with Gasteiger partial charge in [0.25, 0.3) is 0 Å². The number of aliphatic hydroxyl groups excluding tert-OH is 1. The lowest BCUT2D eigenvalue weighted by Crippen LogP contribution is -2.36. The fraction of sp³-hybridized carbons (Fsp3) is 0.235. The van der Waals surface area contributed by atoms with Gasteiger partial charge in [-0.1, -0.05) is 47.5 Å². The van der Waals surface area contributed by atoms with Gasteiger partial charge in [-0.15, -0.1) is 12.4 Å². The highest BCUT2D eigenvalue weighted by atomic mass is 35.5. The maximum atomic E-state index is 12.0. The summed E-state index contributed by atoms with van der Waals surface area (Å²) in [6.45, 7) is 0.227. The van der Waals surface area contributed by atoms with Crippen molar-refractivity contribution in [2.75, 3.05) is 18.4 Å². The van der Waals surface area contributed by atoms with Gasteiger partial charge in [-0.2, -0.15) is 0 Å². The van der Waals surface area contributed by atoms with Gasteiger partial charge in [-0.05, 0) is 23.8 Å². The fourth-order valence-electron chi connectivity index (χ4n) is 2.10. The Morgan fingerprint density at radius 1 is 1.12 bits per heavy atom. The molecule has 0 aliphatic heterocycles. The Balaban J connectivity index is 0.00000312. The van der Waals surface area contributed by atoms with Crippen LogP contribution in [0.1, 0.15) is 5.56 Å². The number of aliphatic hydroxyl groups is 1. The van der Waals surface area contributed by atoms with Crippen LogP contribution in [0.5, 0.6) is 0 Å². The highest BCUT2D eigenvalue weighted by Gasteiger charge is 2.12. The first-order valence-corrected chi connectivity index (χ1v) is 8.20. The van der Waals surface area contributed by atoms with Crippen LogP contribution < -0.4 is 16.4 Å². The third-order valence-electron chi connectivity index (χ3n) is 3.40. The molecule has 8 heteroatoms. The van der Waals surface area contributed by atoms with Crippen LogP contribution >= 0.6 is 35.6 Å². The molecule has 0 bridgehead atoms. The van der Waals surface area contributed by atoms with E-state index >= 15 is 0 Å². The van der Waals surface area contributed by atoms with Gasteiger partial charge >= 0.3 is 0 Å². The fourth-order valence-corrected chi connectivity index (χ4v) is 2.59. The Kier molecular flexibility index (Phi) is 9.03. The summed E-state index contributed by atoms with van der Waals surface area (Å²) in [5.41, 5.74) is 7.43. The maximum absolute atomic E-state index is 12.0. The van der Waals surface area contributed by atoms with Crippen LogP contribution in [0.4, 0.5) is 11.4 Å². The van der Waals surface area contributed by atoms with E-state index in [4.69, 9.17) is 28.9 Å². The number of nitrogens with two attached hydrogens (primary N) is 1. The molecule has 0 radical (unpaired) electrons. The van der Waals surface area contributed by atoms with Crippen LogP contribution in [0.25, 0.3) is 0 Å². The van der Waals surface area contributed by atoms with Gasteiger partial charge in [0, 0.05) is 18.8 Å². The molecule has 0 aliphatic rings. The molecular weight excluding hydrogens is 385 g/mol. The van der Waals surface area contributed by atoms with Gasteiger partial charge in [0.05, 0.1) is 28.3 Å². The quantitative estimate of drug-likeness (QED) is 0.571. The predicted molar refractivity (Wildman–Crippen MR) is 105 cm³/mol. The first-order valence-electron chi connectivity index (χ1n) is 7.45. The van der Waals surface area contributed by atoms with Crippen LogP contribution in [0.3, 0.4) is 0 Å². The third-order valence-corrected chi connectivity index (χ3v) is 4.03. The molecule has 2 rings (SSSR count). The standard InChI is InChI=1S/C17H19Cl2N3O2.ClH/c18-13-5-3-6-14(19)17(13)22-15-7-2-1-4-11(15)8-16(24)21-10-12(23)9-20;/h1-7,12,22-23H,8-10,20H2,(H,21,24);1H. The summed E-state index contributed by atoms with van der Waals surface area (Å²) in [6, 6.07) is 12.6. The SMILES string of the molecule is Cl.NCC(O)CNC(=O)Cc1ccccc1Nc1c(Cl)cccc1Cl. The number of carbonyl (C=O) groups is 1. The zero-order valence-corrected chi connectivity index (χ0v) is 15.7. The van der Waals surface area contributed by atoms with E-state index in [9.17, 15) is 9.90 Å². The van der Waals surface area contributed by atoms with Gasteiger partial charge in [-0.25, -0.2) is 0 Å². The number of halogens is 3. The summed E-state index contributed by atoms with van der Waals surface area (Å²) in [5, 5.41) is 16.2. The Morgan fingerprint density at radius 3 is 2.40 bits per heavy atom. The highest BCUT2D eigenvalue weighted by Crippen LogP contribution is 2.33. The molecule has 2 aromatic carbocycles. The first kappa shape index (κ1) is 21.5. The molecule has 5 N–H and O–H groups in total. The molecule has 1 atom stereocenters. The number of amides is 1. The molecule has 136 valence electrons. The Labute approximate surface area is 162 Å². The minimum atomic E-state index is -0.746. The lowest BCUT2D eigenvalue weighted by molar-refractivity contribution is -0.120. The van der Waals surface area contributed by atoms with Crippen molar-refractivity contribution in [1.29, 1.82) is 0 Å². The van der Waals surface area contributed by atoms with Crippen molar-refractivity contribution in [2.24, 2.45) is 5.73 Å². The van der Waals surface area contributed by atoms with Gasteiger partial charge < -0.3 is 21.5 Å². The summed E-state index contributed by atoms with van der Waals surface area (Å²) in [7, 11) is 0. The van der Waals surface area contributed by atoms with E-state index in [1.165, 1.54) is 0 Å². The number of hydrogen-bond donors (Lipinski definition) is 4. The summed E-state index contributed by atoms with van der Waals surface area (Å²) in [6.07, 6.45) is -0.591. The molecule has 2 aromatic rings. The summed E-state index contributed by atoms with van der Waals surface area (Å²) in [4.78, 5) is 12.0. The predicted octanol–water partition coefficient (Wildman–Crippen LogP) is 3.14. The number of para-hydroxylation sites is 2. The van der Waals surface area contributed by atoms with E-state index < -0.39 is 6.10 Å². The average molecular weight is 405 g/mol. The van der Waals surface area contributed by atoms with Crippen molar-refractivity contribution in [1.82, 2.24) is 5.32 Å². The maximum Gasteiger partial charge on any atom is 0.224 e.